The number of halogens is 4. The van der Waals surface area contributed by atoms with Crippen molar-refractivity contribution in [2.75, 3.05) is 39.8 Å². The Morgan fingerprint density at radius 1 is 1.42 bits per heavy atom. The molecular formula is C17H29F3IN5. The Morgan fingerprint density at radius 3 is 2.73 bits per heavy atom. The first-order chi connectivity index (χ1) is 11.8. The Bertz CT molecular complexity index is 573. The van der Waals surface area contributed by atoms with Crippen LogP contribution in [0.15, 0.2) is 23.3 Å². The lowest BCUT2D eigenvalue weighted by Gasteiger charge is -2.23. The van der Waals surface area contributed by atoms with Gasteiger partial charge in [-0.15, -0.1) is 24.0 Å². The van der Waals surface area contributed by atoms with Crippen LogP contribution >= 0.6 is 24.0 Å². The summed E-state index contributed by atoms with van der Waals surface area (Å²) in [6, 6.07) is 4.06. The lowest BCUT2D eigenvalue weighted by Crippen LogP contribution is -2.39. The van der Waals surface area contributed by atoms with Gasteiger partial charge >= 0.3 is 6.18 Å². The van der Waals surface area contributed by atoms with E-state index >= 15 is 0 Å². The van der Waals surface area contributed by atoms with Gasteiger partial charge in [0.1, 0.15) is 0 Å². The molecule has 1 aliphatic heterocycles. The van der Waals surface area contributed by atoms with Crippen LogP contribution in [0.25, 0.3) is 0 Å². The zero-order valence-electron chi connectivity index (χ0n) is 15.6. The molecule has 0 saturated carbocycles. The van der Waals surface area contributed by atoms with E-state index in [2.05, 4.69) is 20.9 Å². The Morgan fingerprint density at radius 2 is 2.15 bits per heavy atom. The third-order valence-corrected chi connectivity index (χ3v) is 4.42. The van der Waals surface area contributed by atoms with E-state index in [1.807, 2.05) is 38.2 Å². The minimum absolute atomic E-state index is 0. The molecule has 5 nitrogen and oxygen atoms in total. The molecule has 9 heteroatoms. The lowest BCUT2D eigenvalue weighted by atomic mass is 10.1. The molecule has 1 N–H and O–H groups in total. The van der Waals surface area contributed by atoms with E-state index in [1.165, 1.54) is 10.6 Å². The second-order valence-corrected chi connectivity index (χ2v) is 6.67. The van der Waals surface area contributed by atoms with Crippen molar-refractivity contribution >= 4 is 29.9 Å². The number of nitrogens with one attached hydrogen (secondary N) is 1. The van der Waals surface area contributed by atoms with Crippen LogP contribution in [-0.4, -0.2) is 66.3 Å². The van der Waals surface area contributed by atoms with Gasteiger partial charge in [0.05, 0.1) is 13.1 Å². The first-order valence-electron chi connectivity index (χ1n) is 8.67. The molecule has 1 aromatic heterocycles. The first kappa shape index (κ1) is 23.1. The van der Waals surface area contributed by atoms with E-state index in [-0.39, 0.29) is 29.9 Å². The second kappa shape index (κ2) is 10.4. The van der Waals surface area contributed by atoms with E-state index in [0.717, 1.165) is 25.5 Å². The van der Waals surface area contributed by atoms with Crippen LogP contribution in [0.4, 0.5) is 13.2 Å². The molecule has 2 heterocycles. The highest BCUT2D eigenvalue weighted by Gasteiger charge is 2.34. The molecule has 1 fully saturated rings. The Labute approximate surface area is 170 Å². The molecule has 1 atom stereocenters. The van der Waals surface area contributed by atoms with Crippen LogP contribution in [0.2, 0.25) is 0 Å². The SMILES string of the molecule is CCNC(=NCC1CCN(CC(F)(F)F)C1)N(C)Cc1cccn1C.I. The van der Waals surface area contributed by atoms with Crippen molar-refractivity contribution in [1.29, 1.82) is 0 Å². The van der Waals surface area contributed by atoms with Gasteiger partial charge < -0.3 is 14.8 Å². The summed E-state index contributed by atoms with van der Waals surface area (Å²) in [4.78, 5) is 8.17. The fraction of sp³-hybridized carbons (Fsp3) is 0.706. The molecule has 1 aliphatic rings. The van der Waals surface area contributed by atoms with Gasteiger partial charge in [0.25, 0.3) is 0 Å². The molecule has 26 heavy (non-hydrogen) atoms. The fourth-order valence-electron chi connectivity index (χ4n) is 3.12. The molecule has 0 amide bonds. The van der Waals surface area contributed by atoms with Crippen LogP contribution in [0.5, 0.6) is 0 Å². The third-order valence-electron chi connectivity index (χ3n) is 4.42. The summed E-state index contributed by atoms with van der Waals surface area (Å²) in [6.45, 7) is 4.17. The quantitative estimate of drug-likeness (QED) is 0.381. The molecule has 0 spiro atoms. The maximum atomic E-state index is 12.5. The number of nitrogens with zero attached hydrogens (tertiary/aromatic N) is 4. The molecule has 1 saturated heterocycles. The summed E-state index contributed by atoms with van der Waals surface area (Å²) in [5.74, 6) is 0.970. The molecule has 0 radical (unpaired) electrons. The minimum Gasteiger partial charge on any atom is -0.357 e. The maximum Gasteiger partial charge on any atom is 0.401 e. The van der Waals surface area contributed by atoms with Crippen molar-refractivity contribution in [3.05, 3.63) is 24.0 Å². The Balaban J connectivity index is 0.00000338. The van der Waals surface area contributed by atoms with Gasteiger partial charge in [-0.25, -0.2) is 0 Å². The average Bonchev–Trinajstić information content (AvgIpc) is 3.11. The molecular weight excluding hydrogens is 458 g/mol. The molecule has 150 valence electrons. The second-order valence-electron chi connectivity index (χ2n) is 6.67. The van der Waals surface area contributed by atoms with E-state index in [0.29, 0.717) is 19.6 Å². The number of hydrogen-bond acceptors (Lipinski definition) is 2. The van der Waals surface area contributed by atoms with Gasteiger partial charge in [-0.05, 0) is 37.9 Å². The highest BCUT2D eigenvalue weighted by Crippen LogP contribution is 2.22. The van der Waals surface area contributed by atoms with Crippen LogP contribution in [0.1, 0.15) is 19.0 Å². The van der Waals surface area contributed by atoms with Crippen molar-refractivity contribution in [3.63, 3.8) is 0 Å². The van der Waals surface area contributed by atoms with Crippen molar-refractivity contribution in [2.24, 2.45) is 18.0 Å². The number of guanidine groups is 1. The molecule has 1 aromatic rings. The van der Waals surface area contributed by atoms with E-state index < -0.39 is 12.7 Å². The zero-order valence-corrected chi connectivity index (χ0v) is 17.9. The largest absolute Gasteiger partial charge is 0.401 e. The summed E-state index contributed by atoms with van der Waals surface area (Å²) in [7, 11) is 3.97. The van der Waals surface area contributed by atoms with Gasteiger partial charge in [0.15, 0.2) is 5.96 Å². The molecule has 0 aliphatic carbocycles. The number of likely N-dealkylation sites (tertiary alicyclic amines) is 1. The number of aryl methyl sites for hydroxylation is 1. The van der Waals surface area contributed by atoms with Crippen LogP contribution < -0.4 is 5.32 Å². The van der Waals surface area contributed by atoms with Crippen molar-refractivity contribution in [3.8, 4) is 0 Å². The molecule has 1 unspecified atom stereocenters. The van der Waals surface area contributed by atoms with E-state index in [1.54, 1.807) is 0 Å². The van der Waals surface area contributed by atoms with Gasteiger partial charge in [-0.2, -0.15) is 13.2 Å². The van der Waals surface area contributed by atoms with Crippen molar-refractivity contribution in [2.45, 2.75) is 26.1 Å². The van der Waals surface area contributed by atoms with Crippen molar-refractivity contribution in [1.82, 2.24) is 19.7 Å². The predicted molar refractivity (Wildman–Crippen MR) is 109 cm³/mol. The van der Waals surface area contributed by atoms with Gasteiger partial charge in [-0.1, -0.05) is 0 Å². The smallest absolute Gasteiger partial charge is 0.357 e. The molecule has 2 rings (SSSR count). The van der Waals surface area contributed by atoms with Crippen LogP contribution in [0, 0.1) is 5.92 Å². The predicted octanol–water partition coefficient (Wildman–Crippen LogP) is 2.92. The van der Waals surface area contributed by atoms with E-state index in [9.17, 15) is 13.2 Å². The maximum absolute atomic E-state index is 12.5. The standard InChI is InChI=1S/C17H28F3N5.HI/c1-4-21-16(24(3)12-15-6-5-8-23(15)2)22-10-14-7-9-25(11-14)13-17(18,19)20;/h5-6,8,14H,4,7,9-13H2,1-3H3,(H,21,22);1H. The fourth-order valence-corrected chi connectivity index (χ4v) is 3.12. The summed E-state index contributed by atoms with van der Waals surface area (Å²) in [6.07, 6.45) is -1.36. The average molecular weight is 487 g/mol. The minimum atomic E-state index is -4.12. The highest BCUT2D eigenvalue weighted by molar-refractivity contribution is 14.0. The van der Waals surface area contributed by atoms with Crippen LogP contribution in [-0.2, 0) is 13.6 Å². The van der Waals surface area contributed by atoms with E-state index in [4.69, 9.17) is 0 Å². The number of rotatable bonds is 6. The Kier molecular flexibility index (Phi) is 9.22. The summed E-state index contributed by atoms with van der Waals surface area (Å²) in [5.41, 5.74) is 1.17. The number of aliphatic imine (C=N–C) groups is 1. The third kappa shape index (κ3) is 7.34. The summed E-state index contributed by atoms with van der Waals surface area (Å²) < 4.78 is 39.5. The van der Waals surface area contributed by atoms with Gasteiger partial charge in [0, 0.05) is 45.6 Å². The number of aromatic nitrogens is 1. The monoisotopic (exact) mass is 487 g/mol. The molecule has 0 aromatic carbocycles. The topological polar surface area (TPSA) is 35.8 Å². The van der Waals surface area contributed by atoms with Gasteiger partial charge in [-0.3, -0.25) is 9.89 Å². The molecule has 0 bridgehead atoms. The van der Waals surface area contributed by atoms with Crippen molar-refractivity contribution < 1.29 is 13.2 Å². The number of alkyl halides is 3. The highest BCUT2D eigenvalue weighted by atomic mass is 127. The number of hydrogen-bond donors (Lipinski definition) is 1. The lowest BCUT2D eigenvalue weighted by molar-refractivity contribution is -0.143. The Hall–Kier alpha value is -0.970. The van der Waals surface area contributed by atoms with Crippen LogP contribution in [0.3, 0.4) is 0 Å². The normalized spacial score (nSPS) is 18.7. The first-order valence-corrected chi connectivity index (χ1v) is 8.67. The zero-order chi connectivity index (χ0) is 18.4. The van der Waals surface area contributed by atoms with Gasteiger partial charge in [0.2, 0.25) is 0 Å². The summed E-state index contributed by atoms with van der Waals surface area (Å²) >= 11 is 0. The summed E-state index contributed by atoms with van der Waals surface area (Å²) in [5, 5.41) is 3.26.